The largest absolute Gasteiger partial charge is 0.377 e. The van der Waals surface area contributed by atoms with E-state index < -0.39 is 9.84 Å². The van der Waals surface area contributed by atoms with E-state index in [4.69, 9.17) is 0 Å². The van der Waals surface area contributed by atoms with Crippen LogP contribution in [0, 0.1) is 6.92 Å². The molecular weight excluding hydrogens is 274 g/mol. The highest BCUT2D eigenvalue weighted by molar-refractivity contribution is 7.90. The molecule has 1 atom stereocenters. The van der Waals surface area contributed by atoms with Crippen molar-refractivity contribution in [3.8, 4) is 0 Å². The SMILES string of the molecule is Cc1nccnc1C(C)Nc1ccc(S(C)(=O)=O)cc1. The van der Waals surface area contributed by atoms with E-state index >= 15 is 0 Å². The van der Waals surface area contributed by atoms with Crippen LogP contribution in [-0.2, 0) is 9.84 Å². The number of nitrogens with zero attached hydrogens (tertiary/aromatic N) is 2. The van der Waals surface area contributed by atoms with Crippen molar-refractivity contribution in [1.29, 1.82) is 0 Å². The number of aryl methyl sites for hydroxylation is 1. The number of nitrogens with one attached hydrogen (secondary N) is 1. The molecule has 0 aliphatic carbocycles. The summed E-state index contributed by atoms with van der Waals surface area (Å²) in [6.07, 6.45) is 4.51. The molecule has 0 bridgehead atoms. The van der Waals surface area contributed by atoms with Crippen LogP contribution in [0.1, 0.15) is 24.4 Å². The van der Waals surface area contributed by atoms with Gasteiger partial charge in [0, 0.05) is 24.3 Å². The van der Waals surface area contributed by atoms with Gasteiger partial charge in [-0.2, -0.15) is 0 Å². The van der Waals surface area contributed by atoms with Crippen LogP contribution < -0.4 is 5.32 Å². The van der Waals surface area contributed by atoms with E-state index in [2.05, 4.69) is 15.3 Å². The molecule has 1 aromatic carbocycles. The van der Waals surface area contributed by atoms with Crippen molar-refractivity contribution in [3.05, 3.63) is 48.0 Å². The van der Waals surface area contributed by atoms with E-state index in [1.165, 1.54) is 6.26 Å². The van der Waals surface area contributed by atoms with Crippen LogP contribution >= 0.6 is 0 Å². The topological polar surface area (TPSA) is 72.0 Å². The summed E-state index contributed by atoms with van der Waals surface area (Å²) >= 11 is 0. The summed E-state index contributed by atoms with van der Waals surface area (Å²) in [5.41, 5.74) is 2.59. The molecule has 2 aromatic rings. The molecule has 0 aliphatic rings. The smallest absolute Gasteiger partial charge is 0.175 e. The predicted molar refractivity (Wildman–Crippen MR) is 78.4 cm³/mol. The van der Waals surface area contributed by atoms with Crippen LogP contribution in [0.25, 0.3) is 0 Å². The minimum absolute atomic E-state index is 0.00668. The predicted octanol–water partition coefficient (Wildman–Crippen LogP) is 2.36. The summed E-state index contributed by atoms with van der Waals surface area (Å²) in [6, 6.07) is 6.67. The third-order valence-electron chi connectivity index (χ3n) is 2.99. The van der Waals surface area contributed by atoms with Crippen molar-refractivity contribution < 1.29 is 8.42 Å². The summed E-state index contributed by atoms with van der Waals surface area (Å²) in [5, 5.41) is 3.28. The number of hydrogen-bond acceptors (Lipinski definition) is 5. The molecule has 0 radical (unpaired) electrons. The van der Waals surface area contributed by atoms with E-state index in [0.717, 1.165) is 17.1 Å². The van der Waals surface area contributed by atoms with Gasteiger partial charge in [0.1, 0.15) is 0 Å². The van der Waals surface area contributed by atoms with Gasteiger partial charge in [-0.3, -0.25) is 9.97 Å². The first-order valence-electron chi connectivity index (χ1n) is 6.22. The van der Waals surface area contributed by atoms with Crippen molar-refractivity contribution in [1.82, 2.24) is 9.97 Å². The van der Waals surface area contributed by atoms with E-state index in [1.54, 1.807) is 36.7 Å². The standard InChI is InChI=1S/C14H17N3O2S/c1-10-14(16-9-8-15-10)11(2)17-12-4-6-13(7-5-12)20(3,18)19/h4-9,11,17H,1-3H3. The summed E-state index contributed by atoms with van der Waals surface area (Å²) in [6.45, 7) is 3.90. The summed E-state index contributed by atoms with van der Waals surface area (Å²) < 4.78 is 22.8. The molecule has 0 amide bonds. The van der Waals surface area contributed by atoms with Gasteiger partial charge >= 0.3 is 0 Å². The van der Waals surface area contributed by atoms with Gasteiger partial charge in [0.05, 0.1) is 22.3 Å². The zero-order valence-electron chi connectivity index (χ0n) is 11.7. The Balaban J connectivity index is 2.17. The molecule has 1 aromatic heterocycles. The molecule has 20 heavy (non-hydrogen) atoms. The molecule has 1 unspecified atom stereocenters. The molecule has 0 aliphatic heterocycles. The minimum Gasteiger partial charge on any atom is -0.377 e. The number of hydrogen-bond donors (Lipinski definition) is 1. The molecule has 1 heterocycles. The first kappa shape index (κ1) is 14.5. The number of benzene rings is 1. The van der Waals surface area contributed by atoms with Gasteiger partial charge in [0.2, 0.25) is 0 Å². The number of aromatic nitrogens is 2. The first-order valence-corrected chi connectivity index (χ1v) is 8.11. The molecular formula is C14H17N3O2S. The Kier molecular flexibility index (Phi) is 4.04. The number of sulfone groups is 1. The number of anilines is 1. The molecule has 0 fully saturated rings. The van der Waals surface area contributed by atoms with Crippen molar-refractivity contribution in [2.24, 2.45) is 0 Å². The fraction of sp³-hybridized carbons (Fsp3) is 0.286. The highest BCUT2D eigenvalue weighted by atomic mass is 32.2. The van der Waals surface area contributed by atoms with Crippen molar-refractivity contribution in [2.75, 3.05) is 11.6 Å². The second-order valence-electron chi connectivity index (χ2n) is 4.69. The van der Waals surface area contributed by atoms with E-state index in [-0.39, 0.29) is 6.04 Å². The van der Waals surface area contributed by atoms with Gasteiger partial charge in [-0.05, 0) is 38.1 Å². The van der Waals surface area contributed by atoms with E-state index in [1.807, 2.05) is 13.8 Å². The lowest BCUT2D eigenvalue weighted by molar-refractivity contribution is 0.602. The third kappa shape index (κ3) is 3.33. The maximum Gasteiger partial charge on any atom is 0.175 e. The Morgan fingerprint density at radius 3 is 2.25 bits per heavy atom. The minimum atomic E-state index is -3.16. The Hall–Kier alpha value is -1.95. The highest BCUT2D eigenvalue weighted by Crippen LogP contribution is 2.20. The average molecular weight is 291 g/mol. The maximum absolute atomic E-state index is 11.4. The van der Waals surface area contributed by atoms with Crippen LogP contribution in [-0.4, -0.2) is 24.6 Å². The molecule has 0 spiro atoms. The van der Waals surface area contributed by atoms with Crippen LogP contribution in [0.2, 0.25) is 0 Å². The molecule has 2 rings (SSSR count). The summed E-state index contributed by atoms with van der Waals surface area (Å²) in [5.74, 6) is 0. The lowest BCUT2D eigenvalue weighted by atomic mass is 10.2. The maximum atomic E-state index is 11.4. The molecule has 0 saturated heterocycles. The Labute approximate surface area is 119 Å². The Morgan fingerprint density at radius 2 is 1.70 bits per heavy atom. The second-order valence-corrected chi connectivity index (χ2v) is 6.71. The lowest BCUT2D eigenvalue weighted by Gasteiger charge is -2.16. The molecule has 5 nitrogen and oxygen atoms in total. The monoisotopic (exact) mass is 291 g/mol. The van der Waals surface area contributed by atoms with Crippen molar-refractivity contribution in [3.63, 3.8) is 0 Å². The van der Waals surface area contributed by atoms with Crippen LogP contribution in [0.3, 0.4) is 0 Å². The highest BCUT2D eigenvalue weighted by Gasteiger charge is 2.11. The fourth-order valence-corrected chi connectivity index (χ4v) is 2.59. The van der Waals surface area contributed by atoms with E-state index in [9.17, 15) is 8.42 Å². The van der Waals surface area contributed by atoms with E-state index in [0.29, 0.717) is 4.90 Å². The third-order valence-corrected chi connectivity index (χ3v) is 4.12. The van der Waals surface area contributed by atoms with Crippen molar-refractivity contribution >= 4 is 15.5 Å². The van der Waals surface area contributed by atoms with Gasteiger partial charge < -0.3 is 5.32 Å². The quantitative estimate of drug-likeness (QED) is 0.936. The zero-order valence-corrected chi connectivity index (χ0v) is 12.5. The molecule has 0 saturated carbocycles. The van der Waals surface area contributed by atoms with Crippen LogP contribution in [0.4, 0.5) is 5.69 Å². The van der Waals surface area contributed by atoms with Crippen LogP contribution in [0.5, 0.6) is 0 Å². The summed E-state index contributed by atoms with van der Waals surface area (Å²) in [7, 11) is -3.16. The summed E-state index contributed by atoms with van der Waals surface area (Å²) in [4.78, 5) is 8.83. The van der Waals surface area contributed by atoms with Gasteiger partial charge in [-0.25, -0.2) is 8.42 Å². The van der Waals surface area contributed by atoms with Gasteiger partial charge in [0.15, 0.2) is 9.84 Å². The molecule has 6 heteroatoms. The average Bonchev–Trinajstić information content (AvgIpc) is 2.38. The van der Waals surface area contributed by atoms with Crippen LogP contribution in [0.15, 0.2) is 41.6 Å². The molecule has 106 valence electrons. The number of rotatable bonds is 4. The lowest BCUT2D eigenvalue weighted by Crippen LogP contribution is -2.11. The second kappa shape index (κ2) is 5.58. The van der Waals surface area contributed by atoms with Crippen molar-refractivity contribution in [2.45, 2.75) is 24.8 Å². The Morgan fingerprint density at radius 1 is 1.10 bits per heavy atom. The van der Waals surface area contributed by atoms with Gasteiger partial charge in [0.25, 0.3) is 0 Å². The normalized spacial score (nSPS) is 12.9. The molecule has 1 N–H and O–H groups in total. The Bertz CT molecular complexity index is 697. The van der Waals surface area contributed by atoms with Gasteiger partial charge in [-0.15, -0.1) is 0 Å². The first-order chi connectivity index (χ1) is 9.38. The van der Waals surface area contributed by atoms with Gasteiger partial charge in [-0.1, -0.05) is 0 Å². The zero-order chi connectivity index (χ0) is 14.8. The fourth-order valence-electron chi connectivity index (χ4n) is 1.96.